The number of fused-ring (bicyclic) bond motifs is 1. The fraction of sp³-hybridized carbons (Fsp3) is 0. The summed E-state index contributed by atoms with van der Waals surface area (Å²) >= 11 is 0. The van der Waals surface area contributed by atoms with E-state index >= 15 is 0 Å². The fourth-order valence-corrected chi connectivity index (χ4v) is 1.61. The van der Waals surface area contributed by atoms with Gasteiger partial charge in [-0.2, -0.15) is 14.8 Å². The second kappa shape index (κ2) is 3.59. The Hall–Kier alpha value is -2.83. The number of carboxylic acid groups (broad SMARTS) is 1. The average Bonchev–Trinajstić information content (AvgIpc) is 2.91. The van der Waals surface area contributed by atoms with Crippen molar-refractivity contribution in [3.05, 3.63) is 36.2 Å². The number of hydrogen-bond donors (Lipinski definition) is 2. The number of aromatic carboxylic acids is 1. The van der Waals surface area contributed by atoms with Gasteiger partial charge in [0.1, 0.15) is 5.52 Å². The Bertz CT molecular complexity index is 711. The second-order valence-corrected chi connectivity index (χ2v) is 3.65. The first-order valence-corrected chi connectivity index (χ1v) is 5.09. The van der Waals surface area contributed by atoms with E-state index in [0.29, 0.717) is 11.1 Å². The third-order valence-electron chi connectivity index (χ3n) is 2.42. The van der Waals surface area contributed by atoms with Gasteiger partial charge in [-0.25, -0.2) is 4.79 Å². The Labute approximate surface area is 100 Å². The molecule has 90 valence electrons. The molecule has 2 heterocycles. The van der Waals surface area contributed by atoms with Crippen LogP contribution in [0.1, 0.15) is 10.5 Å². The van der Waals surface area contributed by atoms with Crippen molar-refractivity contribution in [1.29, 1.82) is 0 Å². The molecular formula is C11H8N4O3. The summed E-state index contributed by atoms with van der Waals surface area (Å²) in [4.78, 5) is 15.0. The minimum Gasteiger partial charge on any atom is -0.476 e. The van der Waals surface area contributed by atoms with Gasteiger partial charge in [0.25, 0.3) is 0 Å². The summed E-state index contributed by atoms with van der Waals surface area (Å²) in [5, 5.41) is 12.7. The van der Waals surface area contributed by atoms with Crippen LogP contribution in [0.5, 0.6) is 0 Å². The normalized spacial score (nSPS) is 10.9. The number of hydrogen-bond acceptors (Lipinski definition) is 5. The maximum absolute atomic E-state index is 10.8. The molecule has 3 aromatic rings. The highest BCUT2D eigenvalue weighted by atomic mass is 16.4. The van der Waals surface area contributed by atoms with Crippen molar-refractivity contribution in [3.8, 4) is 6.01 Å². The molecule has 0 fully saturated rings. The number of nitrogens with zero attached hydrogens (tertiary/aromatic N) is 3. The van der Waals surface area contributed by atoms with Crippen LogP contribution in [0.25, 0.3) is 17.1 Å². The first kappa shape index (κ1) is 10.3. The van der Waals surface area contributed by atoms with E-state index in [1.54, 1.807) is 12.1 Å². The minimum absolute atomic E-state index is 0.0600. The molecule has 3 N–H and O–H groups in total. The monoisotopic (exact) mass is 244 g/mol. The van der Waals surface area contributed by atoms with Gasteiger partial charge in [0.05, 0.1) is 11.9 Å². The van der Waals surface area contributed by atoms with E-state index in [2.05, 4.69) is 10.1 Å². The first-order valence-electron chi connectivity index (χ1n) is 5.09. The number of nitrogen functional groups attached to an aromatic ring is 1. The number of nitrogens with two attached hydrogens (primary N) is 1. The van der Waals surface area contributed by atoms with Crippen molar-refractivity contribution in [3.63, 3.8) is 0 Å². The van der Waals surface area contributed by atoms with Crippen LogP contribution in [0.2, 0.25) is 0 Å². The number of rotatable bonds is 2. The van der Waals surface area contributed by atoms with E-state index in [1.807, 2.05) is 12.1 Å². The molecule has 18 heavy (non-hydrogen) atoms. The van der Waals surface area contributed by atoms with Gasteiger partial charge < -0.3 is 15.3 Å². The molecule has 0 saturated heterocycles. The third-order valence-corrected chi connectivity index (χ3v) is 2.42. The van der Waals surface area contributed by atoms with Crippen LogP contribution in [0.3, 0.4) is 0 Å². The number of para-hydroxylation sites is 2. The summed E-state index contributed by atoms with van der Waals surface area (Å²) in [6.07, 6.45) is 1.36. The highest BCUT2D eigenvalue weighted by molar-refractivity contribution is 5.91. The molecule has 0 saturated carbocycles. The Kier molecular flexibility index (Phi) is 2.06. The zero-order valence-corrected chi connectivity index (χ0v) is 9.07. The highest BCUT2D eigenvalue weighted by Gasteiger charge is 2.16. The summed E-state index contributed by atoms with van der Waals surface area (Å²) < 4.78 is 6.65. The molecule has 2 aromatic heterocycles. The van der Waals surface area contributed by atoms with Crippen LogP contribution in [0, 0.1) is 0 Å². The van der Waals surface area contributed by atoms with Crippen LogP contribution >= 0.6 is 0 Å². The predicted octanol–water partition coefficient (Wildman–Crippen LogP) is 1.29. The molecule has 0 radical (unpaired) electrons. The smallest absolute Gasteiger partial charge is 0.358 e. The number of anilines is 1. The first-order chi connectivity index (χ1) is 8.65. The lowest BCUT2D eigenvalue weighted by Gasteiger charge is -1.90. The van der Waals surface area contributed by atoms with Gasteiger partial charge in [-0.15, -0.1) is 0 Å². The average molecular weight is 244 g/mol. The van der Waals surface area contributed by atoms with Gasteiger partial charge in [-0.05, 0) is 12.1 Å². The van der Waals surface area contributed by atoms with Crippen LogP contribution in [0.4, 0.5) is 5.69 Å². The Morgan fingerprint density at radius 3 is 2.83 bits per heavy atom. The summed E-state index contributed by atoms with van der Waals surface area (Å²) in [7, 11) is 0. The van der Waals surface area contributed by atoms with Crippen LogP contribution < -0.4 is 5.73 Å². The van der Waals surface area contributed by atoms with Gasteiger partial charge in [0.15, 0.2) is 11.3 Å². The van der Waals surface area contributed by atoms with Crippen molar-refractivity contribution in [2.75, 3.05) is 5.73 Å². The summed E-state index contributed by atoms with van der Waals surface area (Å²) in [6, 6.07) is 7.37. The van der Waals surface area contributed by atoms with Crippen molar-refractivity contribution >= 4 is 22.8 Å². The molecule has 0 atom stereocenters. The van der Waals surface area contributed by atoms with Crippen molar-refractivity contribution < 1.29 is 14.3 Å². The van der Waals surface area contributed by atoms with E-state index in [9.17, 15) is 4.79 Å². The SMILES string of the molecule is Nc1cn(-c2nc3ccccc3o2)nc1C(=O)O. The second-order valence-electron chi connectivity index (χ2n) is 3.65. The van der Waals surface area contributed by atoms with E-state index < -0.39 is 5.97 Å². The quantitative estimate of drug-likeness (QED) is 0.703. The van der Waals surface area contributed by atoms with E-state index in [1.165, 1.54) is 10.9 Å². The zero-order valence-electron chi connectivity index (χ0n) is 9.07. The molecule has 7 nitrogen and oxygen atoms in total. The lowest BCUT2D eigenvalue weighted by Crippen LogP contribution is -2.02. The highest BCUT2D eigenvalue weighted by Crippen LogP contribution is 2.19. The number of aromatic nitrogens is 3. The molecule has 0 spiro atoms. The minimum atomic E-state index is -1.19. The zero-order chi connectivity index (χ0) is 12.7. The lowest BCUT2D eigenvalue weighted by atomic mass is 10.3. The molecular weight excluding hydrogens is 236 g/mol. The van der Waals surface area contributed by atoms with Gasteiger partial charge in [-0.3, -0.25) is 0 Å². The van der Waals surface area contributed by atoms with Gasteiger partial charge in [0.2, 0.25) is 0 Å². The lowest BCUT2D eigenvalue weighted by molar-refractivity contribution is 0.0691. The molecule has 0 aliphatic rings. The van der Waals surface area contributed by atoms with Crippen molar-refractivity contribution in [1.82, 2.24) is 14.8 Å². The van der Waals surface area contributed by atoms with E-state index in [-0.39, 0.29) is 17.4 Å². The molecule has 0 bridgehead atoms. The van der Waals surface area contributed by atoms with Gasteiger partial charge in [-0.1, -0.05) is 12.1 Å². The summed E-state index contributed by atoms with van der Waals surface area (Å²) in [5.74, 6) is -1.19. The topological polar surface area (TPSA) is 107 Å². The summed E-state index contributed by atoms with van der Waals surface area (Å²) in [5.41, 5.74) is 6.64. The number of benzene rings is 1. The van der Waals surface area contributed by atoms with E-state index in [4.69, 9.17) is 15.3 Å². The number of carboxylic acids is 1. The molecule has 7 heteroatoms. The number of carbonyl (C=O) groups is 1. The summed E-state index contributed by atoms with van der Waals surface area (Å²) in [6.45, 7) is 0. The molecule has 0 amide bonds. The van der Waals surface area contributed by atoms with Crippen LogP contribution in [-0.2, 0) is 0 Å². The largest absolute Gasteiger partial charge is 0.476 e. The Morgan fingerprint density at radius 2 is 2.17 bits per heavy atom. The predicted molar refractivity (Wildman–Crippen MR) is 62.5 cm³/mol. The fourth-order valence-electron chi connectivity index (χ4n) is 1.61. The number of oxazole rings is 1. The molecule has 0 unspecified atom stereocenters. The maximum Gasteiger partial charge on any atom is 0.358 e. The standard InChI is InChI=1S/C11H8N4O3/c12-6-5-15(14-9(6)10(16)17)11-13-7-3-1-2-4-8(7)18-11/h1-5H,12H2,(H,16,17). The molecule has 3 rings (SSSR count). The maximum atomic E-state index is 10.8. The van der Waals surface area contributed by atoms with Gasteiger partial charge in [0, 0.05) is 0 Å². The van der Waals surface area contributed by atoms with E-state index in [0.717, 1.165) is 0 Å². The van der Waals surface area contributed by atoms with Gasteiger partial charge >= 0.3 is 12.0 Å². The van der Waals surface area contributed by atoms with Crippen LogP contribution in [-0.4, -0.2) is 25.8 Å². The Morgan fingerprint density at radius 1 is 1.39 bits per heavy atom. The van der Waals surface area contributed by atoms with Crippen molar-refractivity contribution in [2.45, 2.75) is 0 Å². The Balaban J connectivity index is 2.14. The molecule has 0 aliphatic carbocycles. The third kappa shape index (κ3) is 1.49. The van der Waals surface area contributed by atoms with Crippen molar-refractivity contribution in [2.24, 2.45) is 0 Å². The molecule has 0 aliphatic heterocycles. The van der Waals surface area contributed by atoms with Crippen LogP contribution in [0.15, 0.2) is 34.9 Å². The molecule has 1 aromatic carbocycles.